The lowest BCUT2D eigenvalue weighted by atomic mass is 10.1. The summed E-state index contributed by atoms with van der Waals surface area (Å²) in [5.41, 5.74) is 0.411. The second-order valence-electron chi connectivity index (χ2n) is 4.93. The third kappa shape index (κ3) is 4.76. The van der Waals surface area contributed by atoms with E-state index >= 15 is 0 Å². The maximum atomic E-state index is 13.1. The van der Waals surface area contributed by atoms with E-state index in [2.05, 4.69) is 10.3 Å². The van der Waals surface area contributed by atoms with E-state index < -0.39 is 24.5 Å². The molecule has 0 aliphatic carbocycles. The largest absolute Gasteiger partial charge is 0.418 e. The molecular formula is C14H13F6N3S. The summed E-state index contributed by atoms with van der Waals surface area (Å²) in [5.74, 6) is 0. The highest BCUT2D eigenvalue weighted by Gasteiger charge is 2.36. The first-order valence-corrected chi connectivity index (χ1v) is 7.62. The molecule has 1 N–H and O–H groups in total. The number of hydrogen-bond acceptors (Lipinski definition) is 4. The van der Waals surface area contributed by atoms with Crippen LogP contribution in [0.15, 0.2) is 29.1 Å². The first-order chi connectivity index (χ1) is 11.1. The van der Waals surface area contributed by atoms with Crippen LogP contribution in [0.5, 0.6) is 0 Å². The Morgan fingerprint density at radius 3 is 2.38 bits per heavy atom. The van der Waals surface area contributed by atoms with Crippen LogP contribution in [-0.4, -0.2) is 24.8 Å². The van der Waals surface area contributed by atoms with Crippen molar-refractivity contribution in [3.8, 4) is 0 Å². The number of nitrogens with zero attached hydrogens (tertiary/aromatic N) is 2. The van der Waals surface area contributed by atoms with E-state index in [4.69, 9.17) is 0 Å². The molecule has 1 aromatic carbocycles. The summed E-state index contributed by atoms with van der Waals surface area (Å²) in [6, 6.07) is 3.05. The Kier molecular flexibility index (Phi) is 5.26. The van der Waals surface area contributed by atoms with Gasteiger partial charge in [0.1, 0.15) is 6.54 Å². The number of rotatable bonds is 5. The molecule has 0 radical (unpaired) electrons. The molecule has 0 spiro atoms. The van der Waals surface area contributed by atoms with Crippen molar-refractivity contribution in [2.24, 2.45) is 0 Å². The zero-order chi connectivity index (χ0) is 18.0. The molecule has 24 heavy (non-hydrogen) atoms. The van der Waals surface area contributed by atoms with Gasteiger partial charge in [-0.3, -0.25) is 0 Å². The lowest BCUT2D eigenvalue weighted by Gasteiger charge is -2.26. The molecule has 10 heteroatoms. The minimum Gasteiger partial charge on any atom is -0.388 e. The van der Waals surface area contributed by atoms with Crippen molar-refractivity contribution in [1.29, 1.82) is 0 Å². The van der Waals surface area contributed by atoms with E-state index in [9.17, 15) is 26.3 Å². The predicted molar refractivity (Wildman–Crippen MR) is 80.2 cm³/mol. The Balaban J connectivity index is 2.41. The summed E-state index contributed by atoms with van der Waals surface area (Å²) < 4.78 is 77.7. The van der Waals surface area contributed by atoms with Crippen LogP contribution < -0.4 is 10.2 Å². The Morgan fingerprint density at radius 1 is 1.17 bits per heavy atom. The number of anilines is 2. The molecule has 0 bridgehead atoms. The Morgan fingerprint density at radius 2 is 1.88 bits per heavy atom. The molecule has 1 heterocycles. The number of halogens is 6. The highest BCUT2D eigenvalue weighted by atomic mass is 32.1. The van der Waals surface area contributed by atoms with Crippen LogP contribution in [0.1, 0.15) is 11.3 Å². The molecular weight excluding hydrogens is 356 g/mol. The van der Waals surface area contributed by atoms with Gasteiger partial charge in [0.2, 0.25) is 0 Å². The van der Waals surface area contributed by atoms with Crippen molar-refractivity contribution in [1.82, 2.24) is 4.98 Å². The van der Waals surface area contributed by atoms with Crippen LogP contribution in [0.3, 0.4) is 0 Å². The minimum atomic E-state index is -4.68. The van der Waals surface area contributed by atoms with Gasteiger partial charge in [0.25, 0.3) is 0 Å². The molecule has 2 aromatic rings. The SMILES string of the molecule is CNc1ccc(N(Cc2cscn2)CC(F)(F)F)cc1C(F)(F)F. The molecule has 0 aliphatic rings. The molecule has 2 rings (SSSR count). The van der Waals surface area contributed by atoms with Gasteiger partial charge < -0.3 is 10.2 Å². The Hall–Kier alpha value is -1.97. The molecule has 3 nitrogen and oxygen atoms in total. The monoisotopic (exact) mass is 369 g/mol. The van der Waals surface area contributed by atoms with Crippen LogP contribution in [0.25, 0.3) is 0 Å². The first kappa shape index (κ1) is 18.4. The smallest absolute Gasteiger partial charge is 0.388 e. The van der Waals surface area contributed by atoms with Crippen LogP contribution in [0, 0.1) is 0 Å². The van der Waals surface area contributed by atoms with Crippen molar-refractivity contribution in [2.45, 2.75) is 18.9 Å². The fourth-order valence-corrected chi connectivity index (χ4v) is 2.70. The zero-order valence-electron chi connectivity index (χ0n) is 12.4. The number of nitrogens with one attached hydrogen (secondary N) is 1. The number of alkyl halides is 6. The molecule has 0 unspecified atom stereocenters. The maximum absolute atomic E-state index is 13.1. The molecule has 0 saturated heterocycles. The molecule has 0 saturated carbocycles. The zero-order valence-corrected chi connectivity index (χ0v) is 13.2. The number of benzene rings is 1. The summed E-state index contributed by atoms with van der Waals surface area (Å²) in [6.07, 6.45) is -9.24. The van der Waals surface area contributed by atoms with Crippen molar-refractivity contribution < 1.29 is 26.3 Å². The predicted octanol–water partition coefficient (Wildman–Crippen LogP) is 4.77. The van der Waals surface area contributed by atoms with E-state index in [0.717, 1.165) is 11.0 Å². The second kappa shape index (κ2) is 6.88. The van der Waals surface area contributed by atoms with E-state index in [0.29, 0.717) is 11.8 Å². The summed E-state index contributed by atoms with van der Waals surface area (Å²) in [5, 5.41) is 3.94. The van der Waals surface area contributed by atoms with E-state index in [1.165, 1.54) is 30.0 Å². The summed E-state index contributed by atoms with van der Waals surface area (Å²) in [4.78, 5) is 4.71. The van der Waals surface area contributed by atoms with Gasteiger partial charge in [-0.1, -0.05) is 0 Å². The standard InChI is InChI=1S/C14H13F6N3S/c1-21-12-3-2-10(4-11(12)14(18,19)20)23(7-13(15,16)17)5-9-6-24-8-22-9/h2-4,6,8,21H,5,7H2,1H3. The average molecular weight is 369 g/mol. The number of hydrogen-bond donors (Lipinski definition) is 1. The van der Waals surface area contributed by atoms with Gasteiger partial charge in [-0.05, 0) is 18.2 Å². The van der Waals surface area contributed by atoms with E-state index in [-0.39, 0.29) is 17.9 Å². The third-order valence-electron chi connectivity index (χ3n) is 3.15. The molecule has 0 amide bonds. The van der Waals surface area contributed by atoms with Gasteiger partial charge in [-0.2, -0.15) is 26.3 Å². The summed E-state index contributed by atoms with van der Waals surface area (Å²) in [7, 11) is 1.31. The van der Waals surface area contributed by atoms with Gasteiger partial charge in [0.15, 0.2) is 0 Å². The highest BCUT2D eigenvalue weighted by molar-refractivity contribution is 7.07. The summed E-state index contributed by atoms with van der Waals surface area (Å²) >= 11 is 1.20. The van der Waals surface area contributed by atoms with Gasteiger partial charge >= 0.3 is 12.4 Å². The van der Waals surface area contributed by atoms with Crippen molar-refractivity contribution in [3.05, 3.63) is 40.3 Å². The molecule has 0 aliphatic heterocycles. The van der Waals surface area contributed by atoms with Crippen LogP contribution >= 0.6 is 11.3 Å². The van der Waals surface area contributed by atoms with E-state index in [1.807, 2.05) is 0 Å². The maximum Gasteiger partial charge on any atom is 0.418 e. The van der Waals surface area contributed by atoms with Gasteiger partial charge in [-0.25, -0.2) is 4.98 Å². The lowest BCUT2D eigenvalue weighted by molar-refractivity contribution is -0.136. The van der Waals surface area contributed by atoms with Crippen molar-refractivity contribution >= 4 is 22.7 Å². The molecule has 132 valence electrons. The fourth-order valence-electron chi connectivity index (χ4n) is 2.15. The topological polar surface area (TPSA) is 28.2 Å². The first-order valence-electron chi connectivity index (χ1n) is 6.68. The molecule has 0 fully saturated rings. The van der Waals surface area contributed by atoms with Gasteiger partial charge in [0.05, 0.1) is 23.3 Å². The summed E-state index contributed by atoms with van der Waals surface area (Å²) in [6.45, 7) is -1.61. The van der Waals surface area contributed by atoms with Crippen molar-refractivity contribution in [2.75, 3.05) is 23.8 Å². The second-order valence-corrected chi connectivity index (χ2v) is 5.65. The minimum absolute atomic E-state index is 0.174. The molecule has 1 aromatic heterocycles. The quantitative estimate of drug-likeness (QED) is 0.770. The van der Waals surface area contributed by atoms with Crippen LogP contribution in [0.2, 0.25) is 0 Å². The Labute approximate surface area is 137 Å². The van der Waals surface area contributed by atoms with Crippen molar-refractivity contribution in [3.63, 3.8) is 0 Å². The molecule has 0 atom stereocenters. The number of thiazole rings is 1. The Bertz CT molecular complexity index is 666. The van der Waals surface area contributed by atoms with Gasteiger partial charge in [0, 0.05) is 23.8 Å². The van der Waals surface area contributed by atoms with Crippen LogP contribution in [-0.2, 0) is 12.7 Å². The normalized spacial score (nSPS) is 12.3. The highest BCUT2D eigenvalue weighted by Crippen LogP contribution is 2.38. The number of aromatic nitrogens is 1. The fraction of sp³-hybridized carbons (Fsp3) is 0.357. The third-order valence-corrected chi connectivity index (χ3v) is 3.78. The average Bonchev–Trinajstić information content (AvgIpc) is 2.96. The lowest BCUT2D eigenvalue weighted by Crippen LogP contribution is -2.34. The van der Waals surface area contributed by atoms with Gasteiger partial charge in [-0.15, -0.1) is 11.3 Å². The van der Waals surface area contributed by atoms with Crippen LogP contribution in [0.4, 0.5) is 37.7 Å². The van der Waals surface area contributed by atoms with E-state index in [1.54, 1.807) is 5.38 Å².